The SMILES string of the molecule is COC(=O)c1coc(CN2CCO[C@@H](c3ccc4cc(OC)ccc4c3)C2)n1. The van der Waals surface area contributed by atoms with Crippen molar-refractivity contribution in [2.45, 2.75) is 12.6 Å². The van der Waals surface area contributed by atoms with Gasteiger partial charge in [0.1, 0.15) is 12.0 Å². The molecule has 4 rings (SSSR count). The molecule has 3 aromatic rings. The number of ether oxygens (including phenoxy) is 3. The van der Waals surface area contributed by atoms with Crippen molar-refractivity contribution in [3.05, 3.63) is 59.8 Å². The summed E-state index contributed by atoms with van der Waals surface area (Å²) in [6, 6.07) is 12.4. The molecule has 146 valence electrons. The number of carbonyl (C=O) groups is 1. The highest BCUT2D eigenvalue weighted by atomic mass is 16.5. The largest absolute Gasteiger partial charge is 0.497 e. The van der Waals surface area contributed by atoms with E-state index in [4.69, 9.17) is 13.9 Å². The van der Waals surface area contributed by atoms with Crippen LogP contribution in [0.5, 0.6) is 5.75 Å². The van der Waals surface area contributed by atoms with E-state index < -0.39 is 5.97 Å². The summed E-state index contributed by atoms with van der Waals surface area (Å²) in [6.07, 6.45) is 1.30. The summed E-state index contributed by atoms with van der Waals surface area (Å²) in [5.41, 5.74) is 1.32. The molecule has 0 N–H and O–H groups in total. The van der Waals surface area contributed by atoms with E-state index in [1.807, 2.05) is 12.1 Å². The summed E-state index contributed by atoms with van der Waals surface area (Å²) in [4.78, 5) is 17.9. The van der Waals surface area contributed by atoms with Crippen LogP contribution in [0.25, 0.3) is 10.8 Å². The number of oxazole rings is 1. The third-order valence-corrected chi connectivity index (χ3v) is 4.90. The van der Waals surface area contributed by atoms with E-state index in [1.165, 1.54) is 13.4 Å². The van der Waals surface area contributed by atoms with E-state index in [2.05, 4.69) is 38.9 Å². The highest BCUT2D eigenvalue weighted by Gasteiger charge is 2.24. The molecule has 0 unspecified atom stereocenters. The van der Waals surface area contributed by atoms with E-state index in [0.29, 0.717) is 19.0 Å². The first kappa shape index (κ1) is 18.5. The minimum absolute atomic E-state index is 0.0321. The molecule has 2 aromatic carbocycles. The van der Waals surface area contributed by atoms with Gasteiger partial charge in [-0.05, 0) is 34.5 Å². The number of hydrogen-bond acceptors (Lipinski definition) is 7. The third kappa shape index (κ3) is 3.85. The second-order valence-corrected chi connectivity index (χ2v) is 6.69. The Balaban J connectivity index is 1.46. The Labute approximate surface area is 162 Å². The lowest BCUT2D eigenvalue weighted by Crippen LogP contribution is -2.37. The monoisotopic (exact) mass is 382 g/mol. The molecule has 1 atom stereocenters. The normalized spacial score (nSPS) is 17.6. The molecule has 1 aliphatic heterocycles. The van der Waals surface area contributed by atoms with Crippen molar-refractivity contribution in [2.75, 3.05) is 33.9 Å². The molecule has 1 saturated heterocycles. The average Bonchev–Trinajstić information content (AvgIpc) is 3.21. The molecule has 1 aromatic heterocycles. The summed E-state index contributed by atoms with van der Waals surface area (Å²) in [5.74, 6) is 0.840. The van der Waals surface area contributed by atoms with Crippen molar-refractivity contribution in [2.24, 2.45) is 0 Å². The fourth-order valence-corrected chi connectivity index (χ4v) is 3.39. The second kappa shape index (κ2) is 8.00. The van der Waals surface area contributed by atoms with E-state index in [9.17, 15) is 4.79 Å². The summed E-state index contributed by atoms with van der Waals surface area (Å²) in [6.45, 7) is 2.63. The topological polar surface area (TPSA) is 74.0 Å². The summed E-state index contributed by atoms with van der Waals surface area (Å²) in [5, 5.41) is 2.28. The van der Waals surface area contributed by atoms with E-state index in [1.54, 1.807) is 7.11 Å². The predicted molar refractivity (Wildman–Crippen MR) is 102 cm³/mol. The Morgan fingerprint density at radius 3 is 2.86 bits per heavy atom. The molecule has 0 amide bonds. The summed E-state index contributed by atoms with van der Waals surface area (Å²) in [7, 11) is 2.99. The molecule has 2 heterocycles. The van der Waals surface area contributed by atoms with E-state index in [-0.39, 0.29) is 11.8 Å². The maximum atomic E-state index is 11.5. The van der Waals surface area contributed by atoms with Crippen LogP contribution in [0.2, 0.25) is 0 Å². The van der Waals surface area contributed by atoms with Gasteiger partial charge in [0.05, 0.1) is 33.5 Å². The first-order valence-corrected chi connectivity index (χ1v) is 9.10. The molecular formula is C21H22N2O5. The first-order valence-electron chi connectivity index (χ1n) is 9.10. The molecular weight excluding hydrogens is 360 g/mol. The van der Waals surface area contributed by atoms with Crippen LogP contribution in [0.1, 0.15) is 28.0 Å². The quantitative estimate of drug-likeness (QED) is 0.627. The number of carbonyl (C=O) groups excluding carboxylic acids is 1. The molecule has 1 aliphatic rings. The van der Waals surface area contributed by atoms with Gasteiger partial charge >= 0.3 is 5.97 Å². The molecule has 7 heteroatoms. The molecule has 28 heavy (non-hydrogen) atoms. The number of hydrogen-bond donors (Lipinski definition) is 0. The number of aromatic nitrogens is 1. The molecule has 0 bridgehead atoms. The van der Waals surface area contributed by atoms with Crippen molar-refractivity contribution in [3.63, 3.8) is 0 Å². The number of nitrogens with zero attached hydrogens (tertiary/aromatic N) is 2. The number of fused-ring (bicyclic) bond motifs is 1. The number of esters is 1. The van der Waals surface area contributed by atoms with Crippen LogP contribution in [-0.4, -0.2) is 49.8 Å². The second-order valence-electron chi connectivity index (χ2n) is 6.69. The molecule has 7 nitrogen and oxygen atoms in total. The smallest absolute Gasteiger partial charge is 0.360 e. The van der Waals surface area contributed by atoms with Crippen LogP contribution >= 0.6 is 0 Å². The molecule has 0 aliphatic carbocycles. The van der Waals surface area contributed by atoms with Gasteiger partial charge in [0.25, 0.3) is 0 Å². The van der Waals surface area contributed by atoms with Gasteiger partial charge in [-0.2, -0.15) is 0 Å². The summed E-state index contributed by atoms with van der Waals surface area (Å²) < 4.78 is 21.3. The lowest BCUT2D eigenvalue weighted by atomic mass is 10.0. The minimum atomic E-state index is -0.498. The minimum Gasteiger partial charge on any atom is -0.497 e. The van der Waals surface area contributed by atoms with Crippen LogP contribution in [0, 0.1) is 0 Å². The number of rotatable bonds is 5. The fraction of sp³-hybridized carbons (Fsp3) is 0.333. The van der Waals surface area contributed by atoms with Gasteiger partial charge in [-0.25, -0.2) is 9.78 Å². The highest BCUT2D eigenvalue weighted by Crippen LogP contribution is 2.28. The van der Waals surface area contributed by atoms with Gasteiger partial charge in [-0.15, -0.1) is 0 Å². The van der Waals surface area contributed by atoms with Gasteiger partial charge in [0, 0.05) is 13.1 Å². The zero-order valence-corrected chi connectivity index (χ0v) is 15.9. The van der Waals surface area contributed by atoms with Gasteiger partial charge in [0.2, 0.25) is 5.89 Å². The highest BCUT2D eigenvalue weighted by molar-refractivity contribution is 5.86. The fourth-order valence-electron chi connectivity index (χ4n) is 3.39. The standard InChI is InChI=1S/C21H22N2O5/c1-25-17-6-5-14-9-16(4-3-15(14)10-17)19-11-23(7-8-27-19)12-20-22-18(13-28-20)21(24)26-2/h3-6,9-10,13,19H,7-8,11-12H2,1-2H3/t19-/m1/s1. The van der Waals surface area contributed by atoms with Gasteiger partial charge in [0.15, 0.2) is 5.69 Å². The molecule has 0 radical (unpaired) electrons. The Hall–Kier alpha value is -2.90. The molecule has 0 spiro atoms. The third-order valence-electron chi connectivity index (χ3n) is 4.90. The van der Waals surface area contributed by atoms with Gasteiger partial charge in [-0.3, -0.25) is 4.90 Å². The van der Waals surface area contributed by atoms with Crippen molar-refractivity contribution in [1.82, 2.24) is 9.88 Å². The number of benzene rings is 2. The van der Waals surface area contributed by atoms with Gasteiger partial charge in [-0.1, -0.05) is 18.2 Å². The van der Waals surface area contributed by atoms with Crippen LogP contribution in [0.15, 0.2) is 47.1 Å². The zero-order chi connectivity index (χ0) is 19.5. The van der Waals surface area contributed by atoms with Gasteiger partial charge < -0.3 is 18.6 Å². The number of morpholine rings is 1. The van der Waals surface area contributed by atoms with Crippen molar-refractivity contribution >= 4 is 16.7 Å². The van der Waals surface area contributed by atoms with Crippen LogP contribution in [0.4, 0.5) is 0 Å². The van der Waals surface area contributed by atoms with Crippen molar-refractivity contribution in [1.29, 1.82) is 0 Å². The lowest BCUT2D eigenvalue weighted by Gasteiger charge is -2.32. The van der Waals surface area contributed by atoms with E-state index >= 15 is 0 Å². The Morgan fingerprint density at radius 1 is 1.21 bits per heavy atom. The predicted octanol–water partition coefficient (Wildman–Crippen LogP) is 3.20. The average molecular weight is 382 g/mol. The van der Waals surface area contributed by atoms with Crippen molar-refractivity contribution in [3.8, 4) is 5.75 Å². The van der Waals surface area contributed by atoms with Crippen LogP contribution in [-0.2, 0) is 16.0 Å². The maximum Gasteiger partial charge on any atom is 0.360 e. The Bertz CT molecular complexity index is 984. The van der Waals surface area contributed by atoms with E-state index in [0.717, 1.165) is 35.2 Å². The summed E-state index contributed by atoms with van der Waals surface area (Å²) >= 11 is 0. The van der Waals surface area contributed by atoms with Crippen LogP contribution in [0.3, 0.4) is 0 Å². The maximum absolute atomic E-state index is 11.5. The Morgan fingerprint density at radius 2 is 2.04 bits per heavy atom. The van der Waals surface area contributed by atoms with Crippen molar-refractivity contribution < 1.29 is 23.4 Å². The molecule has 0 saturated carbocycles. The number of methoxy groups -OCH3 is 2. The lowest BCUT2D eigenvalue weighted by molar-refractivity contribution is -0.0351. The van der Waals surface area contributed by atoms with Crippen LogP contribution < -0.4 is 4.74 Å². The molecule has 1 fully saturated rings. The zero-order valence-electron chi connectivity index (χ0n) is 15.9. The Kier molecular flexibility index (Phi) is 5.27. The first-order chi connectivity index (χ1) is 13.7.